The first-order valence-corrected chi connectivity index (χ1v) is 9.91. The summed E-state index contributed by atoms with van der Waals surface area (Å²) in [5, 5.41) is 0.887. The molecule has 1 aromatic heterocycles. The van der Waals surface area contributed by atoms with Crippen LogP contribution in [0.25, 0.3) is 10.9 Å². The van der Waals surface area contributed by atoms with Gasteiger partial charge in [0.25, 0.3) is 0 Å². The van der Waals surface area contributed by atoms with E-state index >= 15 is 0 Å². The molecule has 1 aromatic carbocycles. The average Bonchev–Trinajstić information content (AvgIpc) is 2.74. The normalized spacial score (nSPS) is 15.6. The van der Waals surface area contributed by atoms with E-state index in [2.05, 4.69) is 36.3 Å². The molecule has 1 unspecified atom stereocenters. The first-order valence-electron chi connectivity index (χ1n) is 8.76. The van der Waals surface area contributed by atoms with E-state index in [1.807, 2.05) is 33.8 Å². The van der Waals surface area contributed by atoms with Crippen LogP contribution in [0.3, 0.4) is 0 Å². The number of nitrogens with one attached hydrogen (secondary N) is 1. The topological polar surface area (TPSA) is 40.0 Å². The molecular formula is C20H31FN2OS. The highest BCUT2D eigenvalue weighted by Crippen LogP contribution is 2.32. The van der Waals surface area contributed by atoms with Crippen molar-refractivity contribution in [3.63, 3.8) is 0 Å². The third-order valence-corrected chi connectivity index (χ3v) is 5.82. The summed E-state index contributed by atoms with van der Waals surface area (Å²) in [7, 11) is 0. The van der Waals surface area contributed by atoms with Crippen molar-refractivity contribution < 1.29 is 8.94 Å². The summed E-state index contributed by atoms with van der Waals surface area (Å²) in [6.45, 7) is 17.0. The Hall–Kier alpha value is -1.04. The first-order chi connectivity index (χ1) is 11.3. The molecule has 3 nitrogen and oxygen atoms in total. The Bertz CT molecular complexity index is 756. The van der Waals surface area contributed by atoms with Crippen molar-refractivity contribution in [1.82, 2.24) is 9.29 Å². The molecule has 0 amide bonds. The minimum Gasteiger partial charge on any atom is -0.598 e. The first kappa shape index (κ1) is 20.3. The number of hydrogen-bond acceptors (Lipinski definition) is 2. The monoisotopic (exact) mass is 366 g/mol. The molecule has 140 valence electrons. The van der Waals surface area contributed by atoms with Crippen LogP contribution >= 0.6 is 0 Å². The lowest BCUT2D eigenvalue weighted by Crippen LogP contribution is -2.40. The van der Waals surface area contributed by atoms with E-state index in [1.54, 1.807) is 13.0 Å². The van der Waals surface area contributed by atoms with Crippen LogP contribution in [0, 0.1) is 18.2 Å². The molecule has 2 rings (SSSR count). The molecular weight excluding hydrogens is 335 g/mol. The van der Waals surface area contributed by atoms with Crippen LogP contribution in [0.1, 0.15) is 65.6 Å². The molecule has 0 aliphatic rings. The van der Waals surface area contributed by atoms with Gasteiger partial charge >= 0.3 is 0 Å². The number of rotatable bonds is 4. The van der Waals surface area contributed by atoms with Crippen molar-refractivity contribution in [2.45, 2.75) is 72.7 Å². The summed E-state index contributed by atoms with van der Waals surface area (Å²) in [4.78, 5) is 0. The van der Waals surface area contributed by atoms with E-state index in [4.69, 9.17) is 0 Å². The molecule has 0 radical (unpaired) electrons. The number of fused-ring (bicyclic) bond motifs is 1. The molecule has 0 aliphatic heterocycles. The second-order valence-electron chi connectivity index (χ2n) is 9.11. The fourth-order valence-electron chi connectivity index (χ4n) is 2.83. The second-order valence-corrected chi connectivity index (χ2v) is 11.1. The van der Waals surface area contributed by atoms with E-state index in [0.717, 1.165) is 23.0 Å². The molecule has 5 heteroatoms. The average molecular weight is 367 g/mol. The molecule has 0 spiro atoms. The van der Waals surface area contributed by atoms with Gasteiger partial charge in [0.15, 0.2) is 0 Å². The Balaban J connectivity index is 2.50. The molecule has 0 bridgehead atoms. The zero-order valence-corrected chi connectivity index (χ0v) is 17.5. The summed E-state index contributed by atoms with van der Waals surface area (Å²) in [5.74, 6) is -0.202. The van der Waals surface area contributed by atoms with E-state index < -0.39 is 11.4 Å². The van der Waals surface area contributed by atoms with E-state index in [9.17, 15) is 8.94 Å². The number of aryl methyl sites for hydroxylation is 1. The van der Waals surface area contributed by atoms with Crippen LogP contribution in [0.5, 0.6) is 0 Å². The molecule has 0 saturated heterocycles. The van der Waals surface area contributed by atoms with Crippen LogP contribution in [0.15, 0.2) is 18.3 Å². The van der Waals surface area contributed by atoms with Crippen molar-refractivity contribution in [3.05, 3.63) is 35.3 Å². The van der Waals surface area contributed by atoms with Gasteiger partial charge in [0.2, 0.25) is 0 Å². The lowest BCUT2D eigenvalue weighted by Gasteiger charge is -2.26. The van der Waals surface area contributed by atoms with Gasteiger partial charge in [0, 0.05) is 35.0 Å². The van der Waals surface area contributed by atoms with Crippen LogP contribution in [-0.4, -0.2) is 13.9 Å². The lowest BCUT2D eigenvalue weighted by molar-refractivity contribution is 0.349. The van der Waals surface area contributed by atoms with E-state index in [-0.39, 0.29) is 22.0 Å². The lowest BCUT2D eigenvalue weighted by atomic mass is 9.97. The predicted molar refractivity (Wildman–Crippen MR) is 106 cm³/mol. The fourth-order valence-corrected chi connectivity index (χ4v) is 3.63. The Morgan fingerprint density at radius 1 is 1.20 bits per heavy atom. The Morgan fingerprint density at radius 2 is 1.80 bits per heavy atom. The molecule has 0 aliphatic carbocycles. The van der Waals surface area contributed by atoms with Gasteiger partial charge in [0.1, 0.15) is 10.6 Å². The Morgan fingerprint density at radius 3 is 2.32 bits per heavy atom. The molecule has 0 fully saturated rings. The third kappa shape index (κ3) is 4.78. The molecule has 1 heterocycles. The third-order valence-electron chi connectivity index (χ3n) is 4.14. The van der Waals surface area contributed by atoms with Gasteiger partial charge in [-0.1, -0.05) is 20.8 Å². The molecule has 1 N–H and O–H groups in total. The van der Waals surface area contributed by atoms with Crippen molar-refractivity contribution in [2.75, 3.05) is 0 Å². The van der Waals surface area contributed by atoms with Gasteiger partial charge in [-0.15, -0.1) is 4.72 Å². The van der Waals surface area contributed by atoms with E-state index in [0.29, 0.717) is 5.56 Å². The number of nitrogens with zero attached hydrogens (tertiary/aromatic N) is 1. The molecule has 2 atom stereocenters. The number of hydrogen-bond donors (Lipinski definition) is 1. The fraction of sp³-hybridized carbons (Fsp3) is 0.600. The number of halogens is 1. The SMILES string of the molecule is Cc1cc2c(cc1F)c([C@@H](C)N[S+]([O-])C(C)(C)C)cn2CC(C)(C)C. The van der Waals surface area contributed by atoms with Gasteiger partial charge in [-0.25, -0.2) is 4.39 Å². The summed E-state index contributed by atoms with van der Waals surface area (Å²) in [5.41, 5.74) is 2.76. The summed E-state index contributed by atoms with van der Waals surface area (Å²) < 4.78 is 31.7. The maximum atomic E-state index is 14.2. The van der Waals surface area contributed by atoms with Crippen molar-refractivity contribution >= 4 is 22.3 Å². The van der Waals surface area contributed by atoms with Crippen molar-refractivity contribution in [2.24, 2.45) is 5.41 Å². The van der Waals surface area contributed by atoms with Gasteiger partial charge in [-0.05, 0) is 63.3 Å². The van der Waals surface area contributed by atoms with Gasteiger partial charge in [-0.3, -0.25) is 0 Å². The zero-order chi connectivity index (χ0) is 19.2. The molecule has 25 heavy (non-hydrogen) atoms. The predicted octanol–water partition coefficient (Wildman–Crippen LogP) is 5.25. The largest absolute Gasteiger partial charge is 0.598 e. The number of aromatic nitrogens is 1. The van der Waals surface area contributed by atoms with Crippen LogP contribution in [-0.2, 0) is 17.9 Å². The second kappa shape index (κ2) is 6.93. The zero-order valence-electron chi connectivity index (χ0n) is 16.7. The standard InChI is InChI=1S/C20H31FN2OS/c1-13-9-18-15(10-17(13)21)16(11-23(18)12-19(3,4)5)14(2)22-25(24)20(6,7)8/h9-11,14,22H,12H2,1-8H3/t14-,25?/m1/s1. The van der Waals surface area contributed by atoms with Crippen molar-refractivity contribution in [3.8, 4) is 0 Å². The maximum Gasteiger partial charge on any atom is 0.136 e. The van der Waals surface area contributed by atoms with Gasteiger partial charge in [0.05, 0.1) is 6.04 Å². The molecule has 0 saturated carbocycles. The van der Waals surface area contributed by atoms with Crippen molar-refractivity contribution in [1.29, 1.82) is 0 Å². The summed E-state index contributed by atoms with van der Waals surface area (Å²) in [6, 6.07) is 3.39. The summed E-state index contributed by atoms with van der Waals surface area (Å²) in [6.07, 6.45) is 2.08. The van der Waals surface area contributed by atoms with Gasteiger partial charge in [-0.2, -0.15) is 0 Å². The van der Waals surface area contributed by atoms with Crippen LogP contribution < -0.4 is 4.72 Å². The smallest absolute Gasteiger partial charge is 0.136 e. The highest BCUT2D eigenvalue weighted by atomic mass is 32.2. The quantitative estimate of drug-likeness (QED) is 0.751. The van der Waals surface area contributed by atoms with Gasteiger partial charge < -0.3 is 9.12 Å². The minimum absolute atomic E-state index is 0.108. The van der Waals surface area contributed by atoms with Crippen LogP contribution in [0.2, 0.25) is 0 Å². The summed E-state index contributed by atoms with van der Waals surface area (Å²) >= 11 is -1.18. The Kier molecular flexibility index (Phi) is 5.62. The highest BCUT2D eigenvalue weighted by Gasteiger charge is 2.29. The maximum absolute atomic E-state index is 14.2. The van der Waals surface area contributed by atoms with E-state index in [1.165, 1.54) is 0 Å². The minimum atomic E-state index is -1.18. The molecule has 2 aromatic rings. The highest BCUT2D eigenvalue weighted by molar-refractivity contribution is 7.90. The Labute approximate surface area is 154 Å². The number of benzene rings is 1. The van der Waals surface area contributed by atoms with Crippen LogP contribution in [0.4, 0.5) is 4.39 Å².